The Hall–Kier alpha value is -2.55. The van der Waals surface area contributed by atoms with Gasteiger partial charge in [0.15, 0.2) is 21.4 Å². The lowest BCUT2D eigenvalue weighted by molar-refractivity contribution is -0.385. The van der Waals surface area contributed by atoms with Crippen LogP contribution < -0.4 is 0 Å². The van der Waals surface area contributed by atoms with Crippen LogP contribution in [0.1, 0.15) is 24.8 Å². The van der Waals surface area contributed by atoms with Crippen LogP contribution in [-0.4, -0.2) is 36.3 Å². The Morgan fingerprint density at radius 2 is 1.78 bits per heavy atom. The molecule has 0 amide bonds. The second-order valence-corrected chi connectivity index (χ2v) is 7.15. The van der Waals surface area contributed by atoms with Crippen LogP contribution in [0.25, 0.3) is 5.76 Å². The lowest BCUT2D eigenvalue weighted by Gasteiger charge is -2.14. The predicted octanol–water partition coefficient (Wildman–Crippen LogP) is 1.59. The van der Waals surface area contributed by atoms with E-state index in [0.717, 1.165) is 24.5 Å². The fourth-order valence-electron chi connectivity index (χ4n) is 2.31. The van der Waals surface area contributed by atoms with Crippen LogP contribution in [0, 0.1) is 10.1 Å². The monoisotopic (exact) mass is 339 g/mol. The normalized spacial score (nSPS) is 15.6. The SMILES string of the molecule is CS(=O)(=O)c1ccc(C(O)=C2C(=O)CCCC2=O)c([N+](=O)[O-])c1. The number of allylic oxidation sites excluding steroid dienone is 1. The predicted molar refractivity (Wildman–Crippen MR) is 79.6 cm³/mol. The molecule has 1 aliphatic rings. The van der Waals surface area contributed by atoms with E-state index in [2.05, 4.69) is 0 Å². The lowest BCUT2D eigenvalue weighted by Crippen LogP contribution is -2.20. The van der Waals surface area contributed by atoms with Crippen molar-refractivity contribution in [3.63, 3.8) is 0 Å². The van der Waals surface area contributed by atoms with Crippen molar-refractivity contribution in [3.05, 3.63) is 39.4 Å². The smallest absolute Gasteiger partial charge is 0.281 e. The molecule has 0 aromatic heterocycles. The minimum Gasteiger partial charge on any atom is -0.506 e. The van der Waals surface area contributed by atoms with Crippen LogP contribution in [0.5, 0.6) is 0 Å². The number of nitro groups is 1. The van der Waals surface area contributed by atoms with Gasteiger partial charge in [-0.2, -0.15) is 0 Å². The fourth-order valence-corrected chi connectivity index (χ4v) is 2.95. The van der Waals surface area contributed by atoms with E-state index >= 15 is 0 Å². The summed E-state index contributed by atoms with van der Waals surface area (Å²) in [5, 5.41) is 21.4. The van der Waals surface area contributed by atoms with E-state index in [4.69, 9.17) is 0 Å². The second-order valence-electron chi connectivity index (χ2n) is 5.13. The third-order valence-corrected chi connectivity index (χ3v) is 4.56. The molecule has 1 aromatic carbocycles. The molecule has 1 saturated carbocycles. The maximum absolute atomic E-state index is 11.8. The molecule has 0 unspecified atom stereocenters. The number of nitrogens with zero attached hydrogens (tertiary/aromatic N) is 1. The molecule has 0 saturated heterocycles. The van der Waals surface area contributed by atoms with Crippen LogP contribution in [0.2, 0.25) is 0 Å². The summed E-state index contributed by atoms with van der Waals surface area (Å²) in [5.41, 5.74) is -1.52. The molecule has 1 N–H and O–H groups in total. The van der Waals surface area contributed by atoms with Crippen LogP contribution in [-0.2, 0) is 19.4 Å². The second kappa shape index (κ2) is 5.92. The highest BCUT2D eigenvalue weighted by atomic mass is 32.2. The summed E-state index contributed by atoms with van der Waals surface area (Å²) in [6, 6.07) is 2.89. The number of hydrogen-bond donors (Lipinski definition) is 1. The first kappa shape index (κ1) is 16.8. The lowest BCUT2D eigenvalue weighted by atomic mass is 9.89. The number of carbonyl (C=O) groups excluding carboxylic acids is 2. The molecular formula is C14H13NO7S. The highest BCUT2D eigenvalue weighted by molar-refractivity contribution is 7.90. The minimum atomic E-state index is -3.68. The van der Waals surface area contributed by atoms with Gasteiger partial charge >= 0.3 is 0 Å². The Morgan fingerprint density at radius 3 is 2.26 bits per heavy atom. The van der Waals surface area contributed by atoms with Crippen LogP contribution >= 0.6 is 0 Å². The van der Waals surface area contributed by atoms with Gasteiger partial charge in [0, 0.05) is 25.2 Å². The number of rotatable bonds is 3. The quantitative estimate of drug-likeness (QED) is 0.291. The van der Waals surface area contributed by atoms with Gasteiger partial charge in [-0.05, 0) is 18.6 Å². The molecule has 2 rings (SSSR count). The van der Waals surface area contributed by atoms with Crippen LogP contribution in [0.15, 0.2) is 28.7 Å². The molecule has 0 bridgehead atoms. The van der Waals surface area contributed by atoms with Crippen molar-refractivity contribution < 1.29 is 28.0 Å². The Balaban J connectivity index is 2.70. The molecule has 0 spiro atoms. The zero-order valence-electron chi connectivity index (χ0n) is 12.1. The highest BCUT2D eigenvalue weighted by Crippen LogP contribution is 2.31. The summed E-state index contributed by atoms with van der Waals surface area (Å²) in [6.07, 6.45) is 1.39. The van der Waals surface area contributed by atoms with Gasteiger partial charge in [0.2, 0.25) is 0 Å². The van der Waals surface area contributed by atoms with Gasteiger partial charge in [-0.1, -0.05) is 0 Å². The van der Waals surface area contributed by atoms with E-state index in [1.165, 1.54) is 0 Å². The molecular weight excluding hydrogens is 326 g/mol. The number of hydrogen-bond acceptors (Lipinski definition) is 7. The van der Waals surface area contributed by atoms with Gasteiger partial charge in [0.1, 0.15) is 11.3 Å². The third-order valence-electron chi connectivity index (χ3n) is 3.45. The van der Waals surface area contributed by atoms with Crippen LogP contribution in [0.3, 0.4) is 0 Å². The standard InChI is InChI=1S/C14H13NO7S/c1-23(21,22)8-5-6-9(10(7-8)15(19)20)14(18)13-11(16)3-2-4-12(13)17/h5-7,18H,2-4H2,1H3. The maximum atomic E-state index is 11.8. The minimum absolute atomic E-state index is 0.0698. The molecule has 0 atom stereocenters. The summed E-state index contributed by atoms with van der Waals surface area (Å²) in [5.74, 6) is -1.95. The number of nitro benzene ring substituents is 1. The zero-order chi connectivity index (χ0) is 17.4. The summed E-state index contributed by atoms with van der Waals surface area (Å²) in [7, 11) is -3.68. The van der Waals surface area contributed by atoms with Gasteiger partial charge in [-0.25, -0.2) is 8.42 Å². The largest absolute Gasteiger partial charge is 0.506 e. The van der Waals surface area contributed by atoms with Gasteiger partial charge in [0.05, 0.1) is 15.4 Å². The van der Waals surface area contributed by atoms with Gasteiger partial charge in [0.25, 0.3) is 5.69 Å². The first-order valence-electron chi connectivity index (χ1n) is 6.61. The van der Waals surface area contributed by atoms with E-state index in [9.17, 15) is 33.2 Å². The van der Waals surface area contributed by atoms with Gasteiger partial charge in [-0.3, -0.25) is 19.7 Å². The number of sulfone groups is 1. The zero-order valence-corrected chi connectivity index (χ0v) is 12.9. The highest BCUT2D eigenvalue weighted by Gasteiger charge is 2.30. The van der Waals surface area contributed by atoms with E-state index in [1.807, 2.05) is 0 Å². The first-order valence-corrected chi connectivity index (χ1v) is 8.50. The molecule has 23 heavy (non-hydrogen) atoms. The van der Waals surface area contributed by atoms with E-state index < -0.39 is 43.3 Å². The van der Waals surface area contributed by atoms with Crippen molar-refractivity contribution in [2.45, 2.75) is 24.2 Å². The number of Topliss-reactive ketones (excluding diaryl/α,β-unsaturated/α-hetero) is 2. The Labute approximate surface area is 131 Å². The van der Waals surface area contributed by atoms with Crippen molar-refractivity contribution in [1.29, 1.82) is 0 Å². The third kappa shape index (κ3) is 3.29. The van der Waals surface area contributed by atoms with Crippen molar-refractivity contribution >= 4 is 32.9 Å². The van der Waals surface area contributed by atoms with Crippen molar-refractivity contribution in [3.8, 4) is 0 Å². The molecule has 9 heteroatoms. The molecule has 1 fully saturated rings. The summed E-state index contributed by atoms with van der Waals surface area (Å²) in [4.78, 5) is 33.6. The molecule has 0 radical (unpaired) electrons. The van der Waals surface area contributed by atoms with E-state index in [0.29, 0.717) is 6.42 Å². The Bertz CT molecular complexity index is 834. The fraction of sp³-hybridized carbons (Fsp3) is 0.286. The number of aliphatic hydroxyl groups is 1. The van der Waals surface area contributed by atoms with Gasteiger partial charge < -0.3 is 5.11 Å². The van der Waals surface area contributed by atoms with Crippen LogP contribution in [0.4, 0.5) is 5.69 Å². The molecule has 0 aliphatic heterocycles. The number of carbonyl (C=O) groups is 2. The summed E-state index contributed by atoms with van der Waals surface area (Å²) < 4.78 is 23.0. The average Bonchev–Trinajstić information content (AvgIpc) is 2.45. The average molecular weight is 339 g/mol. The van der Waals surface area contributed by atoms with Gasteiger partial charge in [-0.15, -0.1) is 0 Å². The van der Waals surface area contributed by atoms with E-state index in [-0.39, 0.29) is 23.3 Å². The Morgan fingerprint density at radius 1 is 1.22 bits per heavy atom. The maximum Gasteiger partial charge on any atom is 0.281 e. The van der Waals surface area contributed by atoms with Crippen molar-refractivity contribution in [1.82, 2.24) is 0 Å². The number of aliphatic hydroxyl groups excluding tert-OH is 1. The molecule has 0 heterocycles. The first-order chi connectivity index (χ1) is 10.6. The number of ketones is 2. The molecule has 122 valence electrons. The molecule has 8 nitrogen and oxygen atoms in total. The van der Waals surface area contributed by atoms with E-state index in [1.54, 1.807) is 0 Å². The Kier molecular flexibility index (Phi) is 4.33. The van der Waals surface area contributed by atoms with Crippen molar-refractivity contribution in [2.75, 3.05) is 6.26 Å². The molecule has 1 aromatic rings. The van der Waals surface area contributed by atoms with Crippen molar-refractivity contribution in [2.24, 2.45) is 0 Å². The topological polar surface area (TPSA) is 132 Å². The summed E-state index contributed by atoms with van der Waals surface area (Å²) >= 11 is 0. The summed E-state index contributed by atoms with van der Waals surface area (Å²) in [6.45, 7) is 0. The molecule has 1 aliphatic carbocycles. The number of benzene rings is 1.